The van der Waals surface area contributed by atoms with Gasteiger partial charge < -0.3 is 10.3 Å². The van der Waals surface area contributed by atoms with Crippen molar-refractivity contribution in [2.75, 3.05) is 0 Å². The van der Waals surface area contributed by atoms with Gasteiger partial charge in [0.25, 0.3) is 5.91 Å². The van der Waals surface area contributed by atoms with Crippen LogP contribution in [0, 0.1) is 11.3 Å². The molecular formula is C20H16N4O2. The molecule has 1 atom stereocenters. The Labute approximate surface area is 150 Å². The van der Waals surface area contributed by atoms with Gasteiger partial charge in [-0.15, -0.1) is 0 Å². The lowest BCUT2D eigenvalue weighted by Crippen LogP contribution is -2.32. The van der Waals surface area contributed by atoms with Gasteiger partial charge in [0.2, 0.25) is 0 Å². The fraction of sp³-hybridized carbons (Fsp3) is 0.150. The fourth-order valence-corrected chi connectivity index (χ4v) is 3.32. The van der Waals surface area contributed by atoms with Gasteiger partial charge in [0, 0.05) is 23.5 Å². The second-order valence-corrected chi connectivity index (χ2v) is 6.26. The number of hydrogen-bond donors (Lipinski definition) is 2. The number of carbonyl (C=O) groups excluding carboxylic acids is 2. The van der Waals surface area contributed by atoms with Crippen molar-refractivity contribution in [1.82, 2.24) is 15.2 Å². The van der Waals surface area contributed by atoms with E-state index in [0.29, 0.717) is 17.5 Å². The molecule has 2 N–H and O–H groups in total. The van der Waals surface area contributed by atoms with Crippen LogP contribution in [0.2, 0.25) is 0 Å². The summed E-state index contributed by atoms with van der Waals surface area (Å²) in [5, 5.41) is 13.0. The number of amides is 3. The largest absolute Gasteiger partial charge is 0.361 e. The highest BCUT2D eigenvalue weighted by Crippen LogP contribution is 2.22. The number of carbonyl (C=O) groups is 2. The molecule has 1 saturated heterocycles. The number of H-pyrrole nitrogens is 1. The predicted molar refractivity (Wildman–Crippen MR) is 96.0 cm³/mol. The Morgan fingerprint density at radius 1 is 1.04 bits per heavy atom. The van der Waals surface area contributed by atoms with Crippen LogP contribution in [0.3, 0.4) is 0 Å². The van der Waals surface area contributed by atoms with Crippen LogP contribution < -0.4 is 5.32 Å². The van der Waals surface area contributed by atoms with E-state index in [2.05, 4.69) is 16.4 Å². The second-order valence-electron chi connectivity index (χ2n) is 6.26. The molecule has 3 aromatic rings. The Bertz CT molecular complexity index is 1050. The molecule has 0 saturated carbocycles. The quantitative estimate of drug-likeness (QED) is 0.713. The molecule has 6 heteroatoms. The van der Waals surface area contributed by atoms with Gasteiger partial charge in [0.1, 0.15) is 6.04 Å². The summed E-state index contributed by atoms with van der Waals surface area (Å²) in [6.07, 6.45) is 2.29. The Morgan fingerprint density at radius 3 is 2.65 bits per heavy atom. The first-order chi connectivity index (χ1) is 12.7. The molecule has 0 bridgehead atoms. The van der Waals surface area contributed by atoms with E-state index in [9.17, 15) is 14.9 Å². The molecule has 0 radical (unpaired) electrons. The van der Waals surface area contributed by atoms with Crippen molar-refractivity contribution in [3.05, 3.63) is 71.4 Å². The number of fused-ring (bicyclic) bond motifs is 1. The zero-order valence-corrected chi connectivity index (χ0v) is 13.9. The van der Waals surface area contributed by atoms with Crippen LogP contribution in [-0.4, -0.2) is 27.9 Å². The monoisotopic (exact) mass is 344 g/mol. The Balaban J connectivity index is 1.55. The number of nitriles is 1. The van der Waals surface area contributed by atoms with Gasteiger partial charge in [-0.2, -0.15) is 5.26 Å². The smallest absolute Gasteiger partial charge is 0.325 e. The lowest BCUT2D eigenvalue weighted by Gasteiger charge is -2.14. The first-order valence-electron chi connectivity index (χ1n) is 8.32. The van der Waals surface area contributed by atoms with E-state index < -0.39 is 12.1 Å². The van der Waals surface area contributed by atoms with Gasteiger partial charge in [-0.3, -0.25) is 9.69 Å². The number of urea groups is 1. The summed E-state index contributed by atoms with van der Waals surface area (Å²) in [6.45, 7) is 0.0960. The summed E-state index contributed by atoms with van der Waals surface area (Å²) in [5.74, 6) is -0.270. The van der Waals surface area contributed by atoms with Gasteiger partial charge in [0.15, 0.2) is 0 Å². The summed E-state index contributed by atoms with van der Waals surface area (Å²) in [5.41, 5.74) is 3.11. The average Bonchev–Trinajstić information content (AvgIpc) is 3.19. The first-order valence-corrected chi connectivity index (χ1v) is 8.32. The van der Waals surface area contributed by atoms with E-state index in [4.69, 9.17) is 0 Å². The van der Waals surface area contributed by atoms with Crippen LogP contribution in [0.4, 0.5) is 4.79 Å². The van der Waals surface area contributed by atoms with Crippen molar-refractivity contribution in [2.45, 2.75) is 19.0 Å². The van der Waals surface area contributed by atoms with E-state index in [-0.39, 0.29) is 12.5 Å². The van der Waals surface area contributed by atoms with E-state index in [1.54, 1.807) is 24.3 Å². The molecule has 1 aromatic heterocycles. The number of hydrogen-bond acceptors (Lipinski definition) is 3. The minimum absolute atomic E-state index is 0.0960. The number of aromatic nitrogens is 1. The van der Waals surface area contributed by atoms with Crippen LogP contribution in [-0.2, 0) is 17.8 Å². The Morgan fingerprint density at radius 2 is 1.81 bits per heavy atom. The molecule has 4 rings (SSSR count). The summed E-state index contributed by atoms with van der Waals surface area (Å²) < 4.78 is 0. The summed E-state index contributed by atoms with van der Waals surface area (Å²) in [4.78, 5) is 29.4. The Kier molecular flexibility index (Phi) is 3.90. The van der Waals surface area contributed by atoms with Crippen LogP contribution in [0.15, 0.2) is 54.7 Å². The van der Waals surface area contributed by atoms with E-state index in [1.165, 1.54) is 4.90 Å². The van der Waals surface area contributed by atoms with Crippen LogP contribution >= 0.6 is 0 Å². The molecule has 2 aromatic carbocycles. The standard InChI is InChI=1S/C20H16N4O2/c21-10-13-5-1-2-6-14(13)12-24-19(25)18(23-20(24)26)9-15-11-22-17-8-4-3-7-16(15)17/h1-8,11,18,22H,9,12H2,(H,23,26)/t18-/m0/s1. The van der Waals surface area contributed by atoms with Crippen molar-refractivity contribution in [1.29, 1.82) is 5.26 Å². The third kappa shape index (κ3) is 2.70. The summed E-state index contributed by atoms with van der Waals surface area (Å²) in [7, 11) is 0. The zero-order chi connectivity index (χ0) is 18.1. The van der Waals surface area contributed by atoms with Crippen molar-refractivity contribution >= 4 is 22.8 Å². The van der Waals surface area contributed by atoms with Crippen LogP contribution in [0.25, 0.3) is 10.9 Å². The SMILES string of the molecule is N#Cc1ccccc1CN1C(=O)N[C@@H](Cc2c[nH]c3ccccc23)C1=O. The lowest BCUT2D eigenvalue weighted by molar-refractivity contribution is -0.127. The maximum Gasteiger partial charge on any atom is 0.325 e. The molecule has 1 aliphatic rings. The summed E-state index contributed by atoms with van der Waals surface area (Å²) >= 11 is 0. The first kappa shape index (κ1) is 15.9. The number of nitrogens with zero attached hydrogens (tertiary/aromatic N) is 2. The minimum atomic E-state index is -0.601. The minimum Gasteiger partial charge on any atom is -0.361 e. The topological polar surface area (TPSA) is 89.0 Å². The number of benzene rings is 2. The maximum atomic E-state index is 12.7. The van der Waals surface area contributed by atoms with Crippen molar-refractivity contribution in [3.63, 3.8) is 0 Å². The normalized spacial score (nSPS) is 16.7. The van der Waals surface area contributed by atoms with Crippen molar-refractivity contribution in [3.8, 4) is 6.07 Å². The third-order valence-corrected chi connectivity index (χ3v) is 4.67. The highest BCUT2D eigenvalue weighted by atomic mass is 16.2. The maximum absolute atomic E-state index is 12.7. The van der Waals surface area contributed by atoms with Crippen molar-refractivity contribution < 1.29 is 9.59 Å². The van der Waals surface area contributed by atoms with E-state index in [1.807, 2.05) is 30.5 Å². The van der Waals surface area contributed by atoms with Gasteiger partial charge in [-0.05, 0) is 23.3 Å². The van der Waals surface area contributed by atoms with E-state index in [0.717, 1.165) is 16.5 Å². The average molecular weight is 344 g/mol. The van der Waals surface area contributed by atoms with E-state index >= 15 is 0 Å². The van der Waals surface area contributed by atoms with Crippen LogP contribution in [0.1, 0.15) is 16.7 Å². The molecule has 2 heterocycles. The number of para-hydroxylation sites is 1. The third-order valence-electron chi connectivity index (χ3n) is 4.67. The molecule has 0 unspecified atom stereocenters. The Hall–Kier alpha value is -3.59. The lowest BCUT2D eigenvalue weighted by atomic mass is 10.0. The fourth-order valence-electron chi connectivity index (χ4n) is 3.32. The van der Waals surface area contributed by atoms with Gasteiger partial charge in [-0.25, -0.2) is 4.79 Å². The van der Waals surface area contributed by atoms with Gasteiger partial charge >= 0.3 is 6.03 Å². The number of rotatable bonds is 4. The molecular weight excluding hydrogens is 328 g/mol. The zero-order valence-electron chi connectivity index (χ0n) is 13.9. The molecule has 0 spiro atoms. The molecule has 128 valence electrons. The van der Waals surface area contributed by atoms with Crippen LogP contribution in [0.5, 0.6) is 0 Å². The number of aromatic amines is 1. The molecule has 6 nitrogen and oxygen atoms in total. The molecule has 0 aliphatic carbocycles. The molecule has 3 amide bonds. The van der Waals surface area contributed by atoms with Crippen molar-refractivity contribution in [2.24, 2.45) is 0 Å². The highest BCUT2D eigenvalue weighted by molar-refractivity contribution is 6.04. The van der Waals surface area contributed by atoms with Gasteiger partial charge in [-0.1, -0.05) is 36.4 Å². The summed E-state index contributed by atoms with van der Waals surface area (Å²) in [6, 6.07) is 15.9. The molecule has 26 heavy (non-hydrogen) atoms. The molecule has 1 aliphatic heterocycles. The van der Waals surface area contributed by atoms with Gasteiger partial charge in [0.05, 0.1) is 18.2 Å². The predicted octanol–water partition coefficient (Wildman–Crippen LogP) is 2.70. The number of imide groups is 1. The second kappa shape index (κ2) is 6.37. The highest BCUT2D eigenvalue weighted by Gasteiger charge is 2.38. The number of nitrogens with one attached hydrogen (secondary N) is 2. The molecule has 1 fully saturated rings.